The van der Waals surface area contributed by atoms with Gasteiger partial charge in [-0.3, -0.25) is 4.79 Å². The second-order valence-corrected chi connectivity index (χ2v) is 4.42. The summed E-state index contributed by atoms with van der Waals surface area (Å²) in [5.41, 5.74) is 0.912. The van der Waals surface area contributed by atoms with Crippen molar-refractivity contribution in [3.63, 3.8) is 0 Å². The Kier molecular flexibility index (Phi) is 3.98. The monoisotopic (exact) mass is 234 g/mol. The molecule has 1 amide bonds. The predicted octanol–water partition coefficient (Wildman–Crippen LogP) is 0.803. The number of phenols is 1. The van der Waals surface area contributed by atoms with E-state index in [1.165, 1.54) is 12.8 Å². The molecule has 17 heavy (non-hydrogen) atoms. The molecule has 0 aliphatic heterocycles. The van der Waals surface area contributed by atoms with Crippen LogP contribution in [0.15, 0.2) is 24.3 Å². The van der Waals surface area contributed by atoms with Crippen LogP contribution < -0.4 is 10.6 Å². The number of carbonyl (C=O) groups excluding carboxylic acids is 1. The van der Waals surface area contributed by atoms with Crippen LogP contribution in [0.2, 0.25) is 0 Å². The fourth-order valence-electron chi connectivity index (χ4n) is 1.63. The van der Waals surface area contributed by atoms with Crippen LogP contribution in [0.5, 0.6) is 5.75 Å². The van der Waals surface area contributed by atoms with Gasteiger partial charge in [0.1, 0.15) is 5.75 Å². The first-order chi connectivity index (χ1) is 8.24. The fourth-order valence-corrected chi connectivity index (χ4v) is 1.63. The van der Waals surface area contributed by atoms with Crippen molar-refractivity contribution in [1.29, 1.82) is 0 Å². The van der Waals surface area contributed by atoms with Crippen LogP contribution >= 0.6 is 0 Å². The minimum Gasteiger partial charge on any atom is -0.508 e. The van der Waals surface area contributed by atoms with Crippen molar-refractivity contribution in [3.8, 4) is 5.75 Å². The number of hydrogen-bond donors (Lipinski definition) is 3. The molecule has 0 aromatic heterocycles. The summed E-state index contributed by atoms with van der Waals surface area (Å²) in [5, 5.41) is 15.3. The van der Waals surface area contributed by atoms with Crippen molar-refractivity contribution >= 4 is 5.91 Å². The molecule has 0 heterocycles. The Balaban J connectivity index is 1.63. The van der Waals surface area contributed by atoms with Gasteiger partial charge in [0.2, 0.25) is 5.91 Å². The number of phenolic OH excluding ortho intramolecular Hbond substituents is 1. The molecule has 1 aromatic carbocycles. The zero-order valence-electron chi connectivity index (χ0n) is 9.78. The van der Waals surface area contributed by atoms with Crippen LogP contribution in [-0.4, -0.2) is 30.1 Å². The molecule has 4 heteroatoms. The Morgan fingerprint density at radius 2 is 1.94 bits per heavy atom. The fraction of sp³-hybridized carbons (Fsp3) is 0.462. The van der Waals surface area contributed by atoms with Gasteiger partial charge < -0.3 is 15.7 Å². The molecule has 0 saturated heterocycles. The van der Waals surface area contributed by atoms with E-state index < -0.39 is 0 Å². The Morgan fingerprint density at radius 3 is 2.59 bits per heavy atom. The minimum absolute atomic E-state index is 0.0216. The van der Waals surface area contributed by atoms with E-state index in [4.69, 9.17) is 5.11 Å². The highest BCUT2D eigenvalue weighted by Crippen LogP contribution is 2.17. The van der Waals surface area contributed by atoms with Gasteiger partial charge in [0.15, 0.2) is 0 Å². The summed E-state index contributed by atoms with van der Waals surface area (Å²) < 4.78 is 0. The lowest BCUT2D eigenvalue weighted by molar-refractivity contribution is -0.120. The summed E-state index contributed by atoms with van der Waals surface area (Å²) >= 11 is 0. The van der Waals surface area contributed by atoms with Crippen molar-refractivity contribution < 1.29 is 9.90 Å². The smallest absolute Gasteiger partial charge is 0.224 e. The van der Waals surface area contributed by atoms with Crippen molar-refractivity contribution in [1.82, 2.24) is 10.6 Å². The highest BCUT2D eigenvalue weighted by Gasteiger charge is 2.19. The van der Waals surface area contributed by atoms with Crippen LogP contribution in [0.3, 0.4) is 0 Å². The van der Waals surface area contributed by atoms with Gasteiger partial charge in [-0.25, -0.2) is 0 Å². The van der Waals surface area contributed by atoms with Gasteiger partial charge >= 0.3 is 0 Å². The molecule has 0 unspecified atom stereocenters. The maximum absolute atomic E-state index is 11.6. The maximum Gasteiger partial charge on any atom is 0.224 e. The Labute approximate surface area is 101 Å². The molecule has 1 aliphatic rings. The van der Waals surface area contributed by atoms with Crippen LogP contribution in [0, 0.1) is 0 Å². The van der Waals surface area contributed by atoms with Gasteiger partial charge in [0.05, 0.1) is 6.42 Å². The van der Waals surface area contributed by atoms with Crippen molar-refractivity contribution in [2.75, 3.05) is 13.1 Å². The van der Waals surface area contributed by atoms with E-state index in [9.17, 15) is 4.79 Å². The molecule has 3 N–H and O–H groups in total. The van der Waals surface area contributed by atoms with Crippen LogP contribution in [0.4, 0.5) is 0 Å². The molecule has 0 spiro atoms. The second-order valence-electron chi connectivity index (χ2n) is 4.42. The van der Waals surface area contributed by atoms with E-state index in [1.807, 2.05) is 0 Å². The lowest BCUT2D eigenvalue weighted by Crippen LogP contribution is -2.33. The van der Waals surface area contributed by atoms with Crippen molar-refractivity contribution in [3.05, 3.63) is 29.8 Å². The van der Waals surface area contributed by atoms with E-state index >= 15 is 0 Å². The third-order valence-corrected chi connectivity index (χ3v) is 2.76. The molecule has 2 rings (SSSR count). The zero-order chi connectivity index (χ0) is 12.1. The third-order valence-electron chi connectivity index (χ3n) is 2.76. The molecule has 0 radical (unpaired) electrons. The molecular formula is C13H18N2O2. The summed E-state index contributed by atoms with van der Waals surface area (Å²) in [6.45, 7) is 1.51. The molecular weight excluding hydrogens is 216 g/mol. The maximum atomic E-state index is 11.6. The Bertz CT molecular complexity index is 372. The first-order valence-corrected chi connectivity index (χ1v) is 6.02. The van der Waals surface area contributed by atoms with Crippen LogP contribution in [-0.2, 0) is 11.2 Å². The molecule has 1 aliphatic carbocycles. The zero-order valence-corrected chi connectivity index (χ0v) is 9.78. The number of nitrogens with one attached hydrogen (secondary N) is 2. The van der Waals surface area contributed by atoms with E-state index in [0.29, 0.717) is 19.0 Å². The number of aromatic hydroxyl groups is 1. The number of amides is 1. The first-order valence-electron chi connectivity index (χ1n) is 6.02. The van der Waals surface area contributed by atoms with E-state index in [2.05, 4.69) is 10.6 Å². The number of rotatable bonds is 6. The van der Waals surface area contributed by atoms with Gasteiger partial charge in [-0.05, 0) is 30.5 Å². The van der Waals surface area contributed by atoms with Crippen LogP contribution in [0.25, 0.3) is 0 Å². The van der Waals surface area contributed by atoms with Gasteiger partial charge in [0.25, 0.3) is 0 Å². The van der Waals surface area contributed by atoms with E-state index in [0.717, 1.165) is 12.1 Å². The number of benzene rings is 1. The second kappa shape index (κ2) is 5.68. The largest absolute Gasteiger partial charge is 0.508 e. The minimum atomic E-state index is 0.0216. The summed E-state index contributed by atoms with van der Waals surface area (Å²) in [4.78, 5) is 11.6. The summed E-state index contributed by atoms with van der Waals surface area (Å²) in [7, 11) is 0. The SMILES string of the molecule is O=C(Cc1ccc(O)cc1)NCCNC1CC1. The van der Waals surface area contributed by atoms with Gasteiger partial charge in [0, 0.05) is 19.1 Å². The van der Waals surface area contributed by atoms with Crippen molar-refractivity contribution in [2.24, 2.45) is 0 Å². The van der Waals surface area contributed by atoms with Gasteiger partial charge in [-0.2, -0.15) is 0 Å². The van der Waals surface area contributed by atoms with Crippen LogP contribution in [0.1, 0.15) is 18.4 Å². The third kappa shape index (κ3) is 4.44. The average molecular weight is 234 g/mol. The normalized spacial score (nSPS) is 14.6. The highest BCUT2D eigenvalue weighted by molar-refractivity contribution is 5.78. The van der Waals surface area contributed by atoms with E-state index in [-0.39, 0.29) is 11.7 Å². The molecule has 4 nitrogen and oxygen atoms in total. The number of hydrogen-bond acceptors (Lipinski definition) is 3. The highest BCUT2D eigenvalue weighted by atomic mass is 16.3. The topological polar surface area (TPSA) is 61.4 Å². The number of carbonyl (C=O) groups is 1. The average Bonchev–Trinajstić information content (AvgIpc) is 3.12. The molecule has 0 atom stereocenters. The molecule has 0 bridgehead atoms. The summed E-state index contributed by atoms with van der Waals surface area (Å²) in [6.07, 6.45) is 2.90. The van der Waals surface area contributed by atoms with Gasteiger partial charge in [-0.15, -0.1) is 0 Å². The molecule has 1 aromatic rings. The van der Waals surface area contributed by atoms with Gasteiger partial charge in [-0.1, -0.05) is 12.1 Å². The van der Waals surface area contributed by atoms with E-state index in [1.54, 1.807) is 24.3 Å². The summed E-state index contributed by atoms with van der Waals surface area (Å²) in [6, 6.07) is 7.40. The lowest BCUT2D eigenvalue weighted by atomic mass is 10.1. The Hall–Kier alpha value is -1.55. The summed E-state index contributed by atoms with van der Waals surface area (Å²) in [5.74, 6) is 0.246. The standard InChI is InChI=1S/C13H18N2O2/c16-12-5-1-10(2-6-12)9-13(17)15-8-7-14-11-3-4-11/h1-2,5-6,11,14,16H,3-4,7-9H2,(H,15,17). The molecule has 92 valence electrons. The first kappa shape index (κ1) is 11.9. The molecule has 1 saturated carbocycles. The lowest BCUT2D eigenvalue weighted by Gasteiger charge is -2.06. The van der Waals surface area contributed by atoms with Crippen molar-refractivity contribution in [2.45, 2.75) is 25.3 Å². The predicted molar refractivity (Wildman–Crippen MR) is 65.8 cm³/mol. The Morgan fingerprint density at radius 1 is 1.24 bits per heavy atom. The quantitative estimate of drug-likeness (QED) is 0.638. The molecule has 1 fully saturated rings.